The molecule has 0 fully saturated rings. The number of halogens is 2. The minimum atomic E-state index is -0.453. The van der Waals surface area contributed by atoms with Crippen LogP contribution < -0.4 is 16.6 Å². The van der Waals surface area contributed by atoms with Gasteiger partial charge in [0.05, 0.1) is 16.6 Å². The molecule has 2 heterocycles. The van der Waals surface area contributed by atoms with Crippen LogP contribution >= 0.6 is 23.2 Å². The van der Waals surface area contributed by atoms with Crippen molar-refractivity contribution in [2.75, 3.05) is 5.32 Å². The molecule has 0 amide bonds. The molecule has 0 saturated heterocycles. The summed E-state index contributed by atoms with van der Waals surface area (Å²) in [7, 11) is 3.35. The van der Waals surface area contributed by atoms with Gasteiger partial charge in [0.25, 0.3) is 5.56 Å². The van der Waals surface area contributed by atoms with Gasteiger partial charge in [-0.25, -0.2) is 4.79 Å². The molecular weight excluding hydrogens is 425 g/mol. The van der Waals surface area contributed by atoms with E-state index in [1.165, 1.54) is 9.13 Å². The van der Waals surface area contributed by atoms with Crippen molar-refractivity contribution in [2.24, 2.45) is 14.1 Å². The van der Waals surface area contributed by atoms with Crippen molar-refractivity contribution in [3.8, 4) is 0 Å². The van der Waals surface area contributed by atoms with E-state index in [9.17, 15) is 9.59 Å². The Balaban J connectivity index is 1.76. The van der Waals surface area contributed by atoms with Gasteiger partial charge in [0, 0.05) is 20.6 Å². The van der Waals surface area contributed by atoms with Crippen LogP contribution in [0, 0.1) is 0 Å². The minimum Gasteiger partial charge on any atom is -0.352 e. The molecule has 0 atom stereocenters. The maximum Gasteiger partial charge on any atom is 0.332 e. The molecule has 2 aromatic heterocycles. The molecule has 0 unspecified atom stereocenters. The van der Waals surface area contributed by atoms with Crippen molar-refractivity contribution in [2.45, 2.75) is 13.1 Å². The largest absolute Gasteiger partial charge is 0.352 e. The van der Waals surface area contributed by atoms with Crippen molar-refractivity contribution in [3.05, 3.63) is 90.5 Å². The molecule has 4 rings (SSSR count). The lowest BCUT2D eigenvalue weighted by molar-refractivity contribution is 0.655. The highest BCUT2D eigenvalue weighted by Gasteiger charge is 2.18. The third-order valence-electron chi connectivity index (χ3n) is 4.98. The molecule has 154 valence electrons. The van der Waals surface area contributed by atoms with Crippen LogP contribution in [-0.2, 0) is 27.2 Å². The Morgan fingerprint density at radius 3 is 2.37 bits per heavy atom. The van der Waals surface area contributed by atoms with Gasteiger partial charge in [-0.05, 0) is 23.3 Å². The number of aryl methyl sites for hydroxylation is 2. The highest BCUT2D eigenvalue weighted by Crippen LogP contribution is 2.23. The first-order chi connectivity index (χ1) is 14.4. The van der Waals surface area contributed by atoms with Crippen LogP contribution in [0.3, 0.4) is 0 Å². The number of anilines is 1. The maximum absolute atomic E-state index is 13.2. The van der Waals surface area contributed by atoms with E-state index in [4.69, 9.17) is 23.2 Å². The Labute approximate surface area is 182 Å². The van der Waals surface area contributed by atoms with Crippen LogP contribution in [-0.4, -0.2) is 18.7 Å². The van der Waals surface area contributed by atoms with Crippen molar-refractivity contribution in [1.82, 2.24) is 18.7 Å². The summed E-state index contributed by atoms with van der Waals surface area (Å²) in [5.74, 6) is 0.508. The van der Waals surface area contributed by atoms with Crippen molar-refractivity contribution >= 4 is 40.3 Å². The van der Waals surface area contributed by atoms with E-state index in [-0.39, 0.29) is 6.54 Å². The monoisotopic (exact) mass is 443 g/mol. The van der Waals surface area contributed by atoms with Crippen LogP contribution in [0.2, 0.25) is 10.0 Å². The quantitative estimate of drug-likeness (QED) is 0.512. The zero-order valence-electron chi connectivity index (χ0n) is 16.4. The first kappa shape index (κ1) is 20.3. The number of fused-ring (bicyclic) bond motifs is 1. The zero-order valence-corrected chi connectivity index (χ0v) is 17.9. The standard InChI is InChI=1S/C21H19Cl2N5O2/c1-26-17-18(25-20(26)24-11-13-6-4-3-5-7-13)27(2)21(30)28(19(17)29)12-14-8-9-15(22)16(23)10-14/h3-10H,11-12H2,1-2H3,(H,24,25). The van der Waals surface area contributed by atoms with Crippen molar-refractivity contribution in [1.29, 1.82) is 0 Å². The smallest absolute Gasteiger partial charge is 0.332 e. The second-order valence-electron chi connectivity index (χ2n) is 6.99. The van der Waals surface area contributed by atoms with Crippen LogP contribution in [0.25, 0.3) is 11.2 Å². The molecular formula is C21H19Cl2N5O2. The van der Waals surface area contributed by atoms with E-state index in [0.29, 0.717) is 39.3 Å². The summed E-state index contributed by atoms with van der Waals surface area (Å²) < 4.78 is 4.22. The lowest BCUT2D eigenvalue weighted by atomic mass is 10.2. The fourth-order valence-electron chi connectivity index (χ4n) is 3.34. The summed E-state index contributed by atoms with van der Waals surface area (Å²) in [6, 6.07) is 14.9. The molecule has 7 nitrogen and oxygen atoms in total. The number of hydrogen-bond donors (Lipinski definition) is 1. The molecule has 0 radical (unpaired) electrons. The van der Waals surface area contributed by atoms with Gasteiger partial charge in [-0.15, -0.1) is 0 Å². The fourth-order valence-corrected chi connectivity index (χ4v) is 3.66. The Hall–Kier alpha value is -3.03. The van der Waals surface area contributed by atoms with Gasteiger partial charge in [-0.1, -0.05) is 59.6 Å². The summed E-state index contributed by atoms with van der Waals surface area (Å²) in [5.41, 5.74) is 1.58. The number of benzene rings is 2. The molecule has 1 N–H and O–H groups in total. The fraction of sp³-hybridized carbons (Fsp3) is 0.190. The van der Waals surface area contributed by atoms with Crippen molar-refractivity contribution in [3.63, 3.8) is 0 Å². The van der Waals surface area contributed by atoms with Crippen LogP contribution in [0.4, 0.5) is 5.95 Å². The Morgan fingerprint density at radius 1 is 0.933 bits per heavy atom. The first-order valence-electron chi connectivity index (χ1n) is 9.25. The molecule has 30 heavy (non-hydrogen) atoms. The third kappa shape index (κ3) is 3.62. The minimum absolute atomic E-state index is 0.0797. The van der Waals surface area contributed by atoms with E-state index >= 15 is 0 Å². The number of rotatable bonds is 5. The van der Waals surface area contributed by atoms with Gasteiger partial charge in [0.1, 0.15) is 0 Å². The molecule has 9 heteroatoms. The lowest BCUT2D eigenvalue weighted by Gasteiger charge is -2.09. The highest BCUT2D eigenvalue weighted by atomic mass is 35.5. The molecule has 0 spiro atoms. The zero-order chi connectivity index (χ0) is 21.4. The number of imidazole rings is 1. The highest BCUT2D eigenvalue weighted by molar-refractivity contribution is 6.42. The normalized spacial score (nSPS) is 11.2. The first-order valence-corrected chi connectivity index (χ1v) is 10.0. The lowest BCUT2D eigenvalue weighted by Crippen LogP contribution is -2.39. The molecule has 2 aromatic carbocycles. The second kappa shape index (κ2) is 8.01. The predicted octanol–water partition coefficient (Wildman–Crippen LogP) is 3.40. The van der Waals surface area contributed by atoms with E-state index in [0.717, 1.165) is 5.56 Å². The summed E-state index contributed by atoms with van der Waals surface area (Å²) in [4.78, 5) is 30.5. The van der Waals surface area contributed by atoms with Crippen LogP contribution in [0.1, 0.15) is 11.1 Å². The van der Waals surface area contributed by atoms with E-state index in [1.807, 2.05) is 30.3 Å². The number of aromatic nitrogens is 4. The Morgan fingerprint density at radius 2 is 1.67 bits per heavy atom. The molecule has 0 aliphatic heterocycles. The van der Waals surface area contributed by atoms with E-state index < -0.39 is 11.2 Å². The van der Waals surface area contributed by atoms with Gasteiger partial charge in [-0.2, -0.15) is 4.98 Å². The molecule has 0 saturated carbocycles. The average Bonchev–Trinajstić information content (AvgIpc) is 3.08. The summed E-state index contributed by atoms with van der Waals surface area (Å²) >= 11 is 12.0. The maximum atomic E-state index is 13.2. The molecule has 0 bridgehead atoms. The summed E-state index contributed by atoms with van der Waals surface area (Å²) in [5, 5.41) is 4.01. The van der Waals surface area contributed by atoms with E-state index in [1.54, 1.807) is 36.9 Å². The molecule has 0 aliphatic rings. The Kier molecular flexibility index (Phi) is 5.40. The number of nitrogens with one attached hydrogen (secondary N) is 1. The van der Waals surface area contributed by atoms with Crippen molar-refractivity contribution < 1.29 is 0 Å². The van der Waals surface area contributed by atoms with Gasteiger partial charge >= 0.3 is 5.69 Å². The number of hydrogen-bond acceptors (Lipinski definition) is 4. The molecule has 0 aliphatic carbocycles. The van der Waals surface area contributed by atoms with Gasteiger partial charge < -0.3 is 9.88 Å². The van der Waals surface area contributed by atoms with Crippen LogP contribution in [0.5, 0.6) is 0 Å². The topological polar surface area (TPSA) is 73.8 Å². The second-order valence-corrected chi connectivity index (χ2v) is 7.80. The summed E-state index contributed by atoms with van der Waals surface area (Å²) in [6.45, 7) is 0.625. The van der Waals surface area contributed by atoms with Crippen LogP contribution in [0.15, 0.2) is 58.1 Å². The van der Waals surface area contributed by atoms with Gasteiger partial charge in [0.15, 0.2) is 11.2 Å². The van der Waals surface area contributed by atoms with Gasteiger partial charge in [-0.3, -0.25) is 13.9 Å². The predicted molar refractivity (Wildman–Crippen MR) is 120 cm³/mol. The average molecular weight is 444 g/mol. The third-order valence-corrected chi connectivity index (χ3v) is 5.72. The summed E-state index contributed by atoms with van der Waals surface area (Å²) in [6.07, 6.45) is 0. The van der Waals surface area contributed by atoms with Gasteiger partial charge in [0.2, 0.25) is 5.95 Å². The number of nitrogens with zero attached hydrogens (tertiary/aromatic N) is 4. The molecule has 4 aromatic rings. The SMILES string of the molecule is Cn1c(NCc2ccccc2)nc2c1c(=O)n(Cc1ccc(Cl)c(Cl)c1)c(=O)n2C. The van der Waals surface area contributed by atoms with E-state index in [2.05, 4.69) is 10.3 Å². The Bertz CT molecular complexity index is 1360.